The van der Waals surface area contributed by atoms with E-state index in [1.54, 1.807) is 0 Å². The summed E-state index contributed by atoms with van der Waals surface area (Å²) in [6.45, 7) is 10.2. The molecular weight excluding hydrogens is 232 g/mol. The van der Waals surface area contributed by atoms with E-state index in [9.17, 15) is 9.90 Å². The highest BCUT2D eigenvalue weighted by atomic mass is 16.5. The fraction of sp³-hybridized carbons (Fsp3) is 0.643. The summed E-state index contributed by atoms with van der Waals surface area (Å²) in [6, 6.07) is 0. The van der Waals surface area contributed by atoms with Crippen molar-refractivity contribution in [2.75, 3.05) is 26.4 Å². The van der Waals surface area contributed by atoms with Gasteiger partial charge in [0.25, 0.3) is 0 Å². The van der Waals surface area contributed by atoms with E-state index in [1.807, 2.05) is 26.8 Å². The lowest BCUT2D eigenvalue weighted by atomic mass is 9.88. The Morgan fingerprint density at radius 1 is 1.39 bits per heavy atom. The number of carbonyl (C=O) groups is 1. The van der Waals surface area contributed by atoms with Gasteiger partial charge in [0.15, 0.2) is 0 Å². The van der Waals surface area contributed by atoms with Gasteiger partial charge >= 0.3 is 5.97 Å². The number of rotatable bonds is 9. The summed E-state index contributed by atoms with van der Waals surface area (Å²) in [4.78, 5) is 11.0. The van der Waals surface area contributed by atoms with Gasteiger partial charge in [0.2, 0.25) is 0 Å². The maximum absolute atomic E-state index is 11.0. The predicted octanol–water partition coefficient (Wildman–Crippen LogP) is 2.09. The van der Waals surface area contributed by atoms with E-state index >= 15 is 0 Å². The first-order valence-electron chi connectivity index (χ1n) is 6.11. The van der Waals surface area contributed by atoms with Crippen molar-refractivity contribution in [2.24, 2.45) is 5.41 Å². The molecule has 0 radical (unpaired) electrons. The Bertz CT molecular complexity index is 286. The van der Waals surface area contributed by atoms with Crippen LogP contribution < -0.4 is 0 Å². The van der Waals surface area contributed by atoms with Crippen LogP contribution in [0.2, 0.25) is 0 Å². The topological polar surface area (TPSA) is 55.8 Å². The molecule has 0 aromatic carbocycles. The van der Waals surface area contributed by atoms with Gasteiger partial charge < -0.3 is 14.6 Å². The molecule has 0 saturated carbocycles. The Hall–Kier alpha value is -1.13. The fourth-order valence-corrected chi connectivity index (χ4v) is 1.23. The molecule has 1 N–H and O–H groups in total. The van der Waals surface area contributed by atoms with Crippen molar-refractivity contribution in [3.63, 3.8) is 0 Å². The largest absolute Gasteiger partial charge is 0.462 e. The first kappa shape index (κ1) is 16.9. The van der Waals surface area contributed by atoms with Crippen LogP contribution in [0.4, 0.5) is 0 Å². The smallest absolute Gasteiger partial charge is 0.330 e. The van der Waals surface area contributed by atoms with E-state index in [2.05, 4.69) is 6.58 Å². The van der Waals surface area contributed by atoms with Crippen molar-refractivity contribution in [1.82, 2.24) is 0 Å². The van der Waals surface area contributed by atoms with Crippen LogP contribution >= 0.6 is 0 Å². The van der Waals surface area contributed by atoms with E-state index in [4.69, 9.17) is 9.47 Å². The number of ether oxygens (including phenoxy) is 2. The molecular formula is C14H24O4. The van der Waals surface area contributed by atoms with Crippen molar-refractivity contribution < 1.29 is 19.4 Å². The molecule has 0 heterocycles. The van der Waals surface area contributed by atoms with Gasteiger partial charge in [-0.2, -0.15) is 0 Å². The van der Waals surface area contributed by atoms with Gasteiger partial charge in [0.1, 0.15) is 6.61 Å². The number of aliphatic hydroxyl groups is 1. The second kappa shape index (κ2) is 8.89. The molecule has 0 aromatic heterocycles. The summed E-state index contributed by atoms with van der Waals surface area (Å²) >= 11 is 0. The number of allylic oxidation sites excluding steroid dienone is 1. The molecule has 0 saturated heterocycles. The molecule has 0 rings (SSSR count). The first-order valence-corrected chi connectivity index (χ1v) is 6.11. The van der Waals surface area contributed by atoms with E-state index < -0.39 is 11.4 Å². The molecule has 0 aliphatic carbocycles. The molecule has 0 spiro atoms. The molecule has 4 heteroatoms. The maximum atomic E-state index is 11.0. The summed E-state index contributed by atoms with van der Waals surface area (Å²) in [5.41, 5.74) is 0.646. The summed E-state index contributed by atoms with van der Waals surface area (Å²) in [7, 11) is 0. The lowest BCUT2D eigenvalue weighted by Crippen LogP contribution is -2.36. The molecule has 0 amide bonds. The van der Waals surface area contributed by atoms with Crippen molar-refractivity contribution in [2.45, 2.75) is 27.2 Å². The second-order valence-electron chi connectivity index (χ2n) is 4.62. The molecule has 0 aromatic rings. The van der Waals surface area contributed by atoms with Crippen LogP contribution in [0.3, 0.4) is 0 Å². The third-order valence-electron chi connectivity index (χ3n) is 2.79. The average molecular weight is 256 g/mol. The van der Waals surface area contributed by atoms with Crippen molar-refractivity contribution in [1.29, 1.82) is 0 Å². The van der Waals surface area contributed by atoms with E-state index in [1.165, 1.54) is 5.57 Å². The van der Waals surface area contributed by atoms with Gasteiger partial charge in [-0.1, -0.05) is 25.2 Å². The van der Waals surface area contributed by atoms with Crippen LogP contribution in [0.15, 0.2) is 24.3 Å². The highest BCUT2D eigenvalue weighted by Gasteiger charge is 2.29. The highest BCUT2D eigenvalue weighted by Crippen LogP contribution is 2.22. The van der Waals surface area contributed by atoms with Crippen LogP contribution in [0.5, 0.6) is 0 Å². The second-order valence-corrected chi connectivity index (χ2v) is 4.62. The summed E-state index contributed by atoms with van der Waals surface area (Å²) in [6.07, 6.45) is 3.75. The molecule has 104 valence electrons. The number of carbonyl (C=O) groups excluding carboxylic acids is 1. The molecule has 0 bridgehead atoms. The molecule has 4 nitrogen and oxygen atoms in total. The van der Waals surface area contributed by atoms with Gasteiger partial charge in [-0.25, -0.2) is 4.79 Å². The van der Waals surface area contributed by atoms with E-state index in [0.717, 1.165) is 6.08 Å². The summed E-state index contributed by atoms with van der Waals surface area (Å²) in [5.74, 6) is -0.481. The number of hydrogen-bond donors (Lipinski definition) is 1. The van der Waals surface area contributed by atoms with Gasteiger partial charge in [0, 0.05) is 6.08 Å². The number of esters is 1. The number of aliphatic hydroxyl groups excluding tert-OH is 1. The molecule has 0 aliphatic rings. The Morgan fingerprint density at radius 2 is 2.06 bits per heavy atom. The first-order chi connectivity index (χ1) is 8.49. The van der Waals surface area contributed by atoms with Crippen molar-refractivity contribution >= 4 is 5.97 Å². The maximum Gasteiger partial charge on any atom is 0.330 e. The van der Waals surface area contributed by atoms with Gasteiger partial charge in [0.05, 0.1) is 25.2 Å². The third kappa shape index (κ3) is 6.57. The normalized spacial score (nSPS) is 13.6. The molecule has 18 heavy (non-hydrogen) atoms. The van der Waals surface area contributed by atoms with Gasteiger partial charge in [-0.05, 0) is 20.3 Å². The van der Waals surface area contributed by atoms with Gasteiger partial charge in [-0.3, -0.25) is 0 Å². The van der Waals surface area contributed by atoms with Crippen LogP contribution in [0, 0.1) is 5.41 Å². The predicted molar refractivity (Wildman–Crippen MR) is 71.2 cm³/mol. The third-order valence-corrected chi connectivity index (χ3v) is 2.79. The minimum atomic E-state index is -0.534. The van der Waals surface area contributed by atoms with Crippen LogP contribution in [-0.4, -0.2) is 37.5 Å². The zero-order valence-electron chi connectivity index (χ0n) is 11.6. The molecule has 0 fully saturated rings. The summed E-state index contributed by atoms with van der Waals surface area (Å²) < 4.78 is 10.5. The Morgan fingerprint density at radius 3 is 2.50 bits per heavy atom. The Balaban J connectivity index is 4.28. The lowest BCUT2D eigenvalue weighted by molar-refractivity contribution is -0.144. The zero-order valence-corrected chi connectivity index (χ0v) is 11.6. The van der Waals surface area contributed by atoms with E-state index in [-0.39, 0.29) is 13.2 Å². The minimum absolute atomic E-state index is 0.0806. The lowest BCUT2D eigenvalue weighted by Gasteiger charge is -2.29. The average Bonchev–Trinajstić information content (AvgIpc) is 2.38. The van der Waals surface area contributed by atoms with Crippen LogP contribution in [0.25, 0.3) is 0 Å². The van der Waals surface area contributed by atoms with Crippen molar-refractivity contribution in [3.8, 4) is 0 Å². The molecule has 0 aliphatic heterocycles. The Labute approximate surface area is 109 Å². The van der Waals surface area contributed by atoms with Crippen LogP contribution in [-0.2, 0) is 14.3 Å². The minimum Gasteiger partial charge on any atom is -0.462 e. The molecule has 1 atom stereocenters. The van der Waals surface area contributed by atoms with E-state index in [0.29, 0.717) is 19.6 Å². The summed E-state index contributed by atoms with van der Waals surface area (Å²) in [5, 5.41) is 9.46. The molecule has 1 unspecified atom stereocenters. The highest BCUT2D eigenvalue weighted by molar-refractivity contribution is 5.81. The monoisotopic (exact) mass is 256 g/mol. The SMILES string of the molecule is C=CC(=O)OCC(CC)(CO)COCC=C(C)C. The standard InChI is InChI=1S/C14H24O4/c1-5-13(16)18-11-14(6-2,9-15)10-17-8-7-12(3)4/h5,7,15H,1,6,8-11H2,2-4H3. The number of hydrogen-bond acceptors (Lipinski definition) is 4. The quantitative estimate of drug-likeness (QED) is 0.297. The fourth-order valence-electron chi connectivity index (χ4n) is 1.23. The zero-order chi connectivity index (χ0) is 14.0. The van der Waals surface area contributed by atoms with Crippen LogP contribution in [0.1, 0.15) is 27.2 Å². The van der Waals surface area contributed by atoms with Gasteiger partial charge in [-0.15, -0.1) is 0 Å². The Kier molecular flexibility index (Phi) is 8.33. The van der Waals surface area contributed by atoms with Crippen molar-refractivity contribution in [3.05, 3.63) is 24.3 Å².